The fraction of sp³-hybridized carbons (Fsp3) is 0.333. The summed E-state index contributed by atoms with van der Waals surface area (Å²) in [4.78, 5) is 39.3. The molecule has 2 aromatic carbocycles. The van der Waals surface area contributed by atoms with E-state index in [1.807, 2.05) is 0 Å². The van der Waals surface area contributed by atoms with Gasteiger partial charge in [-0.2, -0.15) is 0 Å². The summed E-state index contributed by atoms with van der Waals surface area (Å²) < 4.78 is 12.8. The van der Waals surface area contributed by atoms with Crippen LogP contribution in [0.25, 0.3) is 5.69 Å². The number of likely N-dealkylation sites (tertiary alicyclic amines) is 1. The molecule has 188 valence electrons. The van der Waals surface area contributed by atoms with E-state index in [1.165, 1.54) is 23.1 Å². The Morgan fingerprint density at radius 1 is 0.889 bits per heavy atom. The number of aromatic nitrogens is 4. The van der Waals surface area contributed by atoms with Crippen LogP contribution in [0.2, 0.25) is 0 Å². The Bertz CT molecular complexity index is 1190. The van der Waals surface area contributed by atoms with Gasteiger partial charge < -0.3 is 14.4 Å². The van der Waals surface area contributed by atoms with E-state index < -0.39 is 11.8 Å². The summed E-state index contributed by atoms with van der Waals surface area (Å²) in [5.41, 5.74) is 6.05. The number of hydrogen-bond acceptors (Lipinski definition) is 8. The molecule has 0 saturated carbocycles. The van der Waals surface area contributed by atoms with Gasteiger partial charge >= 0.3 is 0 Å². The fourth-order valence-electron chi connectivity index (χ4n) is 3.71. The molecule has 0 bridgehead atoms. The van der Waals surface area contributed by atoms with Gasteiger partial charge in [-0.05, 0) is 79.1 Å². The van der Waals surface area contributed by atoms with Crippen molar-refractivity contribution in [1.82, 2.24) is 36.0 Å². The lowest BCUT2D eigenvalue weighted by Crippen LogP contribution is -2.41. The molecule has 3 amide bonds. The van der Waals surface area contributed by atoms with Crippen molar-refractivity contribution in [2.75, 3.05) is 26.3 Å². The number of tetrazole rings is 1. The molecular weight excluding hydrogens is 466 g/mol. The Morgan fingerprint density at radius 3 is 2.25 bits per heavy atom. The van der Waals surface area contributed by atoms with Crippen LogP contribution in [0.15, 0.2) is 48.8 Å². The number of benzene rings is 2. The van der Waals surface area contributed by atoms with Crippen molar-refractivity contribution in [3.63, 3.8) is 0 Å². The molecule has 12 nitrogen and oxygen atoms in total. The number of ether oxygens (including phenoxy) is 2. The van der Waals surface area contributed by atoms with Gasteiger partial charge in [-0.1, -0.05) is 0 Å². The third kappa shape index (κ3) is 6.14. The zero-order valence-electron chi connectivity index (χ0n) is 19.8. The summed E-state index contributed by atoms with van der Waals surface area (Å²) in [5, 5.41) is 10.9. The third-order valence-corrected chi connectivity index (χ3v) is 5.60. The molecule has 0 atom stereocenters. The van der Waals surface area contributed by atoms with E-state index in [2.05, 4.69) is 26.4 Å². The van der Waals surface area contributed by atoms with Crippen LogP contribution in [0.5, 0.6) is 11.5 Å². The monoisotopic (exact) mass is 493 g/mol. The zero-order chi connectivity index (χ0) is 25.3. The van der Waals surface area contributed by atoms with Gasteiger partial charge in [-0.3, -0.25) is 25.2 Å². The highest BCUT2D eigenvalue weighted by Crippen LogP contribution is 2.28. The average Bonchev–Trinajstić information content (AvgIpc) is 3.46. The van der Waals surface area contributed by atoms with E-state index in [4.69, 9.17) is 9.47 Å². The van der Waals surface area contributed by atoms with Gasteiger partial charge in [0, 0.05) is 24.2 Å². The molecule has 12 heteroatoms. The lowest BCUT2D eigenvalue weighted by Gasteiger charge is -2.26. The van der Waals surface area contributed by atoms with Crippen molar-refractivity contribution in [3.8, 4) is 17.2 Å². The maximum atomic E-state index is 12.6. The van der Waals surface area contributed by atoms with Crippen molar-refractivity contribution in [1.29, 1.82) is 0 Å². The number of amides is 3. The molecule has 3 aromatic rings. The largest absolute Gasteiger partial charge is 0.490 e. The van der Waals surface area contributed by atoms with Gasteiger partial charge in [0.25, 0.3) is 17.7 Å². The van der Waals surface area contributed by atoms with Crippen molar-refractivity contribution >= 4 is 17.7 Å². The minimum Gasteiger partial charge on any atom is -0.490 e. The SMILES string of the molecule is CCOc1cc(C(=O)NNC(=O)c2ccc(-n3cnnn3)cc2)ccc1OCC(=O)N1CCCCC1. The van der Waals surface area contributed by atoms with E-state index >= 15 is 0 Å². The second-order valence-electron chi connectivity index (χ2n) is 8.03. The summed E-state index contributed by atoms with van der Waals surface area (Å²) in [6.45, 7) is 3.54. The molecular formula is C24H27N7O5. The van der Waals surface area contributed by atoms with Crippen LogP contribution in [0.1, 0.15) is 46.9 Å². The highest BCUT2D eigenvalue weighted by molar-refractivity contribution is 5.99. The molecule has 1 aromatic heterocycles. The van der Waals surface area contributed by atoms with E-state index in [0.717, 1.165) is 32.4 Å². The Kier molecular flexibility index (Phi) is 8.06. The summed E-state index contributed by atoms with van der Waals surface area (Å²) in [7, 11) is 0. The Hall–Kier alpha value is -4.48. The number of rotatable bonds is 8. The third-order valence-electron chi connectivity index (χ3n) is 5.60. The molecule has 1 fully saturated rings. The minimum atomic E-state index is -0.537. The molecule has 0 radical (unpaired) electrons. The van der Waals surface area contributed by atoms with Gasteiger partial charge in [0.05, 0.1) is 12.3 Å². The first-order chi connectivity index (χ1) is 17.5. The van der Waals surface area contributed by atoms with E-state index in [0.29, 0.717) is 29.4 Å². The molecule has 0 aliphatic carbocycles. The molecule has 2 N–H and O–H groups in total. The first kappa shape index (κ1) is 24.6. The summed E-state index contributed by atoms with van der Waals surface area (Å²) in [6, 6.07) is 11.1. The number of carbonyl (C=O) groups is 3. The van der Waals surface area contributed by atoms with E-state index in [-0.39, 0.29) is 18.1 Å². The highest BCUT2D eigenvalue weighted by atomic mass is 16.5. The second kappa shape index (κ2) is 11.8. The highest BCUT2D eigenvalue weighted by Gasteiger charge is 2.19. The minimum absolute atomic E-state index is 0.0762. The average molecular weight is 494 g/mol. The Balaban J connectivity index is 1.33. The molecule has 1 aliphatic rings. The van der Waals surface area contributed by atoms with Gasteiger partial charge in [-0.15, -0.1) is 5.10 Å². The van der Waals surface area contributed by atoms with Gasteiger partial charge in [0.1, 0.15) is 6.33 Å². The Labute approximate surface area is 207 Å². The maximum absolute atomic E-state index is 12.6. The quantitative estimate of drug-likeness (QED) is 0.450. The zero-order valence-corrected chi connectivity index (χ0v) is 19.8. The van der Waals surface area contributed by atoms with Crippen LogP contribution in [0.3, 0.4) is 0 Å². The van der Waals surface area contributed by atoms with Crippen molar-refractivity contribution in [3.05, 3.63) is 59.9 Å². The van der Waals surface area contributed by atoms with Crippen LogP contribution in [0, 0.1) is 0 Å². The second-order valence-corrected chi connectivity index (χ2v) is 8.03. The van der Waals surface area contributed by atoms with Crippen LogP contribution in [-0.2, 0) is 4.79 Å². The van der Waals surface area contributed by atoms with Crippen molar-refractivity contribution in [2.24, 2.45) is 0 Å². The maximum Gasteiger partial charge on any atom is 0.269 e. The molecule has 0 unspecified atom stereocenters. The summed E-state index contributed by atoms with van der Waals surface area (Å²) >= 11 is 0. The fourth-order valence-corrected chi connectivity index (χ4v) is 3.71. The van der Waals surface area contributed by atoms with Crippen LogP contribution < -0.4 is 20.3 Å². The predicted molar refractivity (Wildman–Crippen MR) is 128 cm³/mol. The number of nitrogens with zero attached hydrogens (tertiary/aromatic N) is 5. The molecule has 2 heterocycles. The molecule has 1 saturated heterocycles. The van der Waals surface area contributed by atoms with Gasteiger partial charge in [0.2, 0.25) is 0 Å². The summed E-state index contributed by atoms with van der Waals surface area (Å²) in [6.07, 6.45) is 4.58. The lowest BCUT2D eigenvalue weighted by molar-refractivity contribution is -0.134. The van der Waals surface area contributed by atoms with E-state index in [1.54, 1.807) is 42.2 Å². The Morgan fingerprint density at radius 2 is 1.58 bits per heavy atom. The first-order valence-electron chi connectivity index (χ1n) is 11.7. The number of hydrogen-bond donors (Lipinski definition) is 2. The number of hydrazine groups is 1. The van der Waals surface area contributed by atoms with Crippen molar-refractivity contribution < 1.29 is 23.9 Å². The number of carbonyl (C=O) groups excluding carboxylic acids is 3. The topological polar surface area (TPSA) is 141 Å². The number of piperidine rings is 1. The standard InChI is InChI=1S/C24H27N7O5/c1-2-35-21-14-18(8-11-20(21)36-15-22(32)30-12-4-3-5-13-30)24(34)27-26-23(33)17-6-9-19(10-7-17)31-16-25-28-29-31/h6-11,14,16H,2-5,12-13,15H2,1H3,(H,26,33)(H,27,34). The normalized spacial score (nSPS) is 13.1. The summed E-state index contributed by atoms with van der Waals surface area (Å²) in [5.74, 6) is -0.405. The molecule has 4 rings (SSSR count). The molecule has 36 heavy (non-hydrogen) atoms. The van der Waals surface area contributed by atoms with Crippen molar-refractivity contribution in [2.45, 2.75) is 26.2 Å². The van der Waals surface area contributed by atoms with Crippen LogP contribution in [-0.4, -0.2) is 69.1 Å². The molecule has 0 spiro atoms. The molecule has 1 aliphatic heterocycles. The predicted octanol–water partition coefficient (Wildman–Crippen LogP) is 1.53. The number of nitrogens with one attached hydrogen (secondary N) is 2. The lowest BCUT2D eigenvalue weighted by atomic mass is 10.1. The van der Waals surface area contributed by atoms with Crippen LogP contribution in [0.4, 0.5) is 0 Å². The van der Waals surface area contributed by atoms with Crippen LogP contribution >= 0.6 is 0 Å². The van der Waals surface area contributed by atoms with Gasteiger partial charge in [0.15, 0.2) is 18.1 Å². The smallest absolute Gasteiger partial charge is 0.269 e. The first-order valence-corrected chi connectivity index (χ1v) is 11.7. The van der Waals surface area contributed by atoms with E-state index in [9.17, 15) is 14.4 Å². The van der Waals surface area contributed by atoms with Gasteiger partial charge in [-0.25, -0.2) is 4.68 Å².